The molecular formula is C19H94. The molecular weight excluding hydrogens is 228 g/mol. The lowest BCUT2D eigenvalue weighted by Crippen LogP contribution is 0.143. The Kier molecular flexibility index (Phi) is 0. The molecule has 170 valence electrons. The average Bonchev–Trinajstić information content (AvgIpc) is 0. The summed E-state index contributed by atoms with van der Waals surface area (Å²) in [6.45, 7) is 0. The molecule has 0 unspecified atom stereocenters. The average molecular weight is 341 g/mol. The zero-order valence-corrected chi connectivity index (χ0v) is 0. The van der Waals surface area contributed by atoms with Crippen LogP contribution in [0.1, 0.15) is 154 Å². The summed E-state index contributed by atoms with van der Waals surface area (Å²) >= 11 is 0. The van der Waals surface area contributed by atoms with E-state index < -0.39 is 0 Å². The second-order valence-electron chi connectivity index (χ2n) is 0. The minimum atomic E-state index is 0. The first-order chi connectivity index (χ1) is 0. The molecule has 0 saturated heterocycles. The molecule has 19 heavy (non-hydrogen) atoms. The molecule has 0 radical (unpaired) electrons. The van der Waals surface area contributed by atoms with Crippen molar-refractivity contribution in [2.45, 2.75) is 141 Å². The standard InChI is InChI=1S/19CH4.9H2/h19*1H4;9*1H/i;;;;;;;;;;;;;;;;;;;9*1+2. The number of hydrogen-bond donors (Lipinski definition) is 0. The summed E-state index contributed by atoms with van der Waals surface area (Å²) in [6, 6.07) is 0. The molecule has 0 fully saturated rings. The molecule has 0 rings (SSSR count). The van der Waals surface area contributed by atoms with Crippen LogP contribution in [0, 0.1) is 0 Å². The van der Waals surface area contributed by atoms with Crippen LogP contribution in [-0.2, 0) is 0 Å². The molecule has 0 aromatic rings. The lowest BCUT2D eigenvalue weighted by Gasteiger charge is -0.0786. The predicted octanol–water partition coefficient (Wildman–Crippen LogP) is 14.3. The second kappa shape index (κ2) is 0. The van der Waals surface area contributed by atoms with E-state index in [0.717, 1.165) is 0 Å². The minimum Gasteiger partial charge on any atom is -0.0776 e. The molecule has 0 aliphatic carbocycles. The van der Waals surface area contributed by atoms with E-state index in [1.165, 1.54) is 0 Å². The molecule has 0 aliphatic rings. The van der Waals surface area contributed by atoms with Crippen LogP contribution in [0.2, 0.25) is 0 Å². The van der Waals surface area contributed by atoms with Crippen molar-refractivity contribution >= 4 is 0 Å². The van der Waals surface area contributed by atoms with E-state index in [1.807, 2.05) is 0 Å². The lowest BCUT2D eigenvalue weighted by molar-refractivity contribution is 2.50. The lowest BCUT2D eigenvalue weighted by atomic mass is 12.0. The molecule has 0 bridgehead atoms. The Balaban J connectivity index is 0. The third-order valence-corrected chi connectivity index (χ3v) is 0. The highest BCUT2D eigenvalue weighted by atomic mass is 12.0. The second-order valence-corrected chi connectivity index (χ2v) is 0. The maximum atomic E-state index is 0. The van der Waals surface area contributed by atoms with Crippen LogP contribution in [-0.4, -0.2) is 0 Å². The van der Waals surface area contributed by atoms with Gasteiger partial charge in [0, 0.05) is 12.8 Å². The summed E-state index contributed by atoms with van der Waals surface area (Å²) in [6.07, 6.45) is 0. The van der Waals surface area contributed by atoms with Crippen LogP contribution in [0.25, 0.3) is 0 Å². The first kappa shape index (κ1) is 0. The van der Waals surface area contributed by atoms with Gasteiger partial charge < -0.3 is 0 Å². The molecule has 0 heteroatoms. The number of hydrogen-bond acceptors (Lipinski definition) is 0. The van der Waals surface area contributed by atoms with Gasteiger partial charge in [0.25, 0.3) is 0 Å². The van der Waals surface area contributed by atoms with Gasteiger partial charge >= 0.3 is 0 Å². The maximum absolute atomic E-state index is 0. The Morgan fingerprint density at radius 3 is 0.105 bits per heavy atom. The fourth-order valence-electron chi connectivity index (χ4n) is 0. The Hall–Kier alpha value is 0. The summed E-state index contributed by atoms with van der Waals surface area (Å²) < 4.78 is 0. The predicted molar refractivity (Wildman–Crippen MR) is 147 cm³/mol. The molecule has 0 atom stereocenters. The Morgan fingerprint density at radius 2 is 0.105 bits per heavy atom. The summed E-state index contributed by atoms with van der Waals surface area (Å²) in [5.41, 5.74) is 0. The van der Waals surface area contributed by atoms with E-state index in [4.69, 9.17) is 0 Å². The van der Waals surface area contributed by atoms with Gasteiger partial charge in [-0.1, -0.05) is 141 Å². The Labute approximate surface area is 155 Å². The van der Waals surface area contributed by atoms with Crippen molar-refractivity contribution in [3.05, 3.63) is 0 Å². The van der Waals surface area contributed by atoms with Crippen LogP contribution in [0.3, 0.4) is 0 Å². The van der Waals surface area contributed by atoms with Crippen molar-refractivity contribution < 1.29 is 12.8 Å². The van der Waals surface area contributed by atoms with E-state index in [9.17, 15) is 0 Å². The topological polar surface area (TPSA) is 0 Å². The monoisotopic (exact) mass is 341 g/mol. The zero-order valence-electron chi connectivity index (χ0n) is 0. The molecule has 0 heterocycles. The fraction of sp³-hybridized carbons (Fsp3) is 1.00. The van der Waals surface area contributed by atoms with Crippen molar-refractivity contribution in [3.63, 3.8) is 0 Å². The smallest absolute Gasteiger partial charge is 0 e. The normalized spacial score (nSPS) is 0. The molecule has 0 amide bonds. The molecule has 0 aromatic carbocycles. The molecule has 0 aromatic heterocycles. The van der Waals surface area contributed by atoms with Gasteiger partial charge in [-0.15, -0.1) is 0 Å². The molecule has 0 aliphatic heterocycles. The van der Waals surface area contributed by atoms with Crippen LogP contribution < -0.4 is 0 Å². The Morgan fingerprint density at radius 1 is 0.105 bits per heavy atom. The zero-order chi connectivity index (χ0) is 0. The third kappa shape index (κ3) is 0. The minimum absolute atomic E-state index is 0. The highest BCUT2D eigenvalue weighted by Gasteiger charge is -0.0596. The highest BCUT2D eigenvalue weighted by molar-refractivity contribution is 2.52. The van der Waals surface area contributed by atoms with Crippen molar-refractivity contribution in [1.29, 1.82) is 0 Å². The van der Waals surface area contributed by atoms with Crippen molar-refractivity contribution in [1.82, 2.24) is 0 Å². The van der Waals surface area contributed by atoms with Crippen LogP contribution in [0.5, 0.6) is 0 Å². The van der Waals surface area contributed by atoms with Gasteiger partial charge in [-0.25, -0.2) is 0 Å². The van der Waals surface area contributed by atoms with Crippen LogP contribution in [0.15, 0.2) is 0 Å². The summed E-state index contributed by atoms with van der Waals surface area (Å²) in [5, 5.41) is 0. The van der Waals surface area contributed by atoms with Crippen molar-refractivity contribution in [3.8, 4) is 0 Å². The maximum Gasteiger partial charge on any atom is 0 e. The third-order valence-electron chi connectivity index (χ3n) is 0. The number of rotatable bonds is 0. The first-order valence-corrected chi connectivity index (χ1v) is 0. The molecule has 0 spiro atoms. The Bertz CT molecular complexity index is 25.4. The van der Waals surface area contributed by atoms with Crippen LogP contribution >= 0.6 is 0 Å². The first-order valence-electron chi connectivity index (χ1n) is 0. The van der Waals surface area contributed by atoms with Gasteiger partial charge in [0.2, 0.25) is 0 Å². The van der Waals surface area contributed by atoms with Gasteiger partial charge in [0.05, 0.1) is 0 Å². The SMILES string of the molecule is C.C.C.C.C.C.C.C.C.C.C.C.C.C.C.C.C.C.C.[3HH].[3HH].[3HH].[3HH].[3HH].[3HH].[3HH].[3HH].[3HH]. The van der Waals surface area contributed by atoms with Crippen molar-refractivity contribution in [2.75, 3.05) is 0 Å². The molecule has 0 N–H and O–H groups in total. The van der Waals surface area contributed by atoms with Gasteiger partial charge in [0.15, 0.2) is 0 Å². The summed E-state index contributed by atoms with van der Waals surface area (Å²) in [5.74, 6) is 0. The molecule has 0 nitrogen and oxygen atoms in total. The molecule has 0 saturated carbocycles. The van der Waals surface area contributed by atoms with Gasteiger partial charge in [-0.05, 0) is 0 Å². The van der Waals surface area contributed by atoms with E-state index in [2.05, 4.69) is 0 Å². The fourth-order valence-corrected chi connectivity index (χ4v) is 0. The van der Waals surface area contributed by atoms with Crippen LogP contribution in [0.4, 0.5) is 0 Å². The quantitative estimate of drug-likeness (QED) is 0.411. The van der Waals surface area contributed by atoms with Crippen molar-refractivity contribution in [2.24, 2.45) is 0 Å². The van der Waals surface area contributed by atoms with Gasteiger partial charge in [-0.3, -0.25) is 0 Å². The summed E-state index contributed by atoms with van der Waals surface area (Å²) in [4.78, 5) is 0. The van der Waals surface area contributed by atoms with Gasteiger partial charge in [0.1, 0.15) is 0 Å². The summed E-state index contributed by atoms with van der Waals surface area (Å²) in [7, 11) is 0. The highest BCUT2D eigenvalue weighted by Crippen LogP contribution is 0.162. The largest absolute Gasteiger partial charge is 0.0776 e. The van der Waals surface area contributed by atoms with Gasteiger partial charge in [-0.2, -0.15) is 0 Å². The van der Waals surface area contributed by atoms with E-state index >= 15 is 0 Å². The van der Waals surface area contributed by atoms with E-state index in [0.29, 0.717) is 0 Å². The van der Waals surface area contributed by atoms with E-state index in [1.54, 1.807) is 0 Å². The van der Waals surface area contributed by atoms with E-state index in [-0.39, 0.29) is 154 Å².